The fourth-order valence-electron chi connectivity index (χ4n) is 0.295. The molecule has 1 N–H and O–H groups in total. The molecule has 1 atom stereocenters. The van der Waals surface area contributed by atoms with Crippen molar-refractivity contribution in [2.24, 2.45) is 0 Å². The summed E-state index contributed by atoms with van der Waals surface area (Å²) in [5, 5.41) is 0. The monoisotopic (exact) mass is 228 g/mol. The topological polar surface area (TPSA) is 46.5 Å². The van der Waals surface area contributed by atoms with Gasteiger partial charge in [-0.3, -0.25) is 4.57 Å². The molecular formula is C4H6F5O3P. The Morgan fingerprint density at radius 2 is 1.69 bits per heavy atom. The van der Waals surface area contributed by atoms with Gasteiger partial charge in [0.2, 0.25) is 0 Å². The van der Waals surface area contributed by atoms with Crippen LogP contribution in [0.25, 0.3) is 0 Å². The second-order valence-electron chi connectivity index (χ2n) is 2.06. The Morgan fingerprint density at radius 1 is 1.31 bits per heavy atom. The quantitative estimate of drug-likeness (QED) is 0.595. The molecule has 0 saturated heterocycles. The minimum Gasteiger partial charge on any atom is -0.324 e. The Bertz CT molecular complexity index is 224. The van der Waals surface area contributed by atoms with E-state index in [1.165, 1.54) is 0 Å². The molecular weight excluding hydrogens is 222 g/mol. The Labute approximate surface area is 70.0 Å². The molecule has 13 heavy (non-hydrogen) atoms. The largest absolute Gasteiger partial charge is 0.483 e. The summed E-state index contributed by atoms with van der Waals surface area (Å²) in [5.41, 5.74) is 0. The van der Waals surface area contributed by atoms with Crippen LogP contribution in [0.3, 0.4) is 0 Å². The van der Waals surface area contributed by atoms with Crippen LogP contribution in [0.5, 0.6) is 0 Å². The second-order valence-corrected chi connectivity index (χ2v) is 4.15. The predicted molar refractivity (Wildman–Crippen MR) is 32.5 cm³/mol. The fraction of sp³-hybridized carbons (Fsp3) is 1.00. The number of hydrogen-bond donors (Lipinski definition) is 1. The molecule has 0 radical (unpaired) electrons. The van der Waals surface area contributed by atoms with Crippen LogP contribution in [0.2, 0.25) is 0 Å². The van der Waals surface area contributed by atoms with E-state index < -0.39 is 26.0 Å². The Morgan fingerprint density at radius 3 is 1.92 bits per heavy atom. The number of hydrogen-bond acceptors (Lipinski definition) is 2. The van der Waals surface area contributed by atoms with Gasteiger partial charge in [-0.15, -0.1) is 0 Å². The van der Waals surface area contributed by atoms with Crippen LogP contribution in [0, 0.1) is 0 Å². The lowest BCUT2D eigenvalue weighted by Gasteiger charge is -2.21. The Balaban J connectivity index is 4.62. The molecule has 0 aromatic rings. The minimum absolute atomic E-state index is 0.821. The van der Waals surface area contributed by atoms with Crippen molar-refractivity contribution in [1.29, 1.82) is 0 Å². The van der Waals surface area contributed by atoms with Crippen LogP contribution in [0.15, 0.2) is 0 Å². The van der Waals surface area contributed by atoms with Gasteiger partial charge in [-0.1, -0.05) is 6.92 Å². The van der Waals surface area contributed by atoms with Gasteiger partial charge in [-0.2, -0.15) is 22.0 Å². The average Bonchev–Trinajstić information content (AvgIpc) is 1.83. The minimum atomic E-state index is -5.99. The van der Waals surface area contributed by atoms with Gasteiger partial charge in [0, 0.05) is 6.16 Å². The SMILES string of the molecule is CCP(=O)(O)OC(F)(F)C(F)(F)F. The maximum atomic E-state index is 11.9. The van der Waals surface area contributed by atoms with E-state index in [0.29, 0.717) is 0 Å². The molecule has 0 amide bonds. The molecule has 0 fully saturated rings. The summed E-state index contributed by atoms with van der Waals surface area (Å²) in [6.45, 7) is 0.952. The van der Waals surface area contributed by atoms with Gasteiger partial charge in [-0.25, -0.2) is 4.52 Å². The van der Waals surface area contributed by atoms with Crippen molar-refractivity contribution in [1.82, 2.24) is 0 Å². The maximum Gasteiger partial charge on any atom is 0.483 e. The highest BCUT2D eigenvalue weighted by atomic mass is 31.2. The zero-order chi connectivity index (χ0) is 10.9. The summed E-state index contributed by atoms with van der Waals surface area (Å²) in [4.78, 5) is 8.38. The molecule has 0 aromatic carbocycles. The number of alkyl halides is 5. The van der Waals surface area contributed by atoms with Gasteiger partial charge in [-0.05, 0) is 0 Å². The predicted octanol–water partition coefficient (Wildman–Crippen LogP) is 2.36. The smallest absolute Gasteiger partial charge is 0.324 e. The molecule has 0 saturated carbocycles. The third-order valence-electron chi connectivity index (χ3n) is 0.987. The third-order valence-corrected chi connectivity index (χ3v) is 2.30. The number of rotatable bonds is 3. The molecule has 0 heterocycles. The van der Waals surface area contributed by atoms with E-state index in [2.05, 4.69) is 4.52 Å². The lowest BCUT2D eigenvalue weighted by Crippen LogP contribution is -2.38. The fourth-order valence-corrected chi connectivity index (χ4v) is 0.886. The van der Waals surface area contributed by atoms with E-state index in [0.717, 1.165) is 6.92 Å². The van der Waals surface area contributed by atoms with Gasteiger partial charge >= 0.3 is 19.9 Å². The van der Waals surface area contributed by atoms with Crippen LogP contribution in [-0.2, 0) is 9.09 Å². The van der Waals surface area contributed by atoms with Crippen LogP contribution < -0.4 is 0 Å². The zero-order valence-electron chi connectivity index (χ0n) is 6.31. The van der Waals surface area contributed by atoms with Crippen LogP contribution in [0.1, 0.15) is 6.92 Å². The summed E-state index contributed by atoms with van der Waals surface area (Å²) >= 11 is 0. The van der Waals surface area contributed by atoms with Crippen LogP contribution >= 0.6 is 7.60 Å². The molecule has 0 aliphatic rings. The first-order valence-electron chi connectivity index (χ1n) is 2.99. The molecule has 0 spiro atoms. The molecule has 0 bridgehead atoms. The highest BCUT2D eigenvalue weighted by Crippen LogP contribution is 2.51. The maximum absolute atomic E-state index is 11.9. The first-order chi connectivity index (χ1) is 5.52. The number of halogens is 5. The highest BCUT2D eigenvalue weighted by molar-refractivity contribution is 7.52. The van der Waals surface area contributed by atoms with Crippen molar-refractivity contribution in [3.8, 4) is 0 Å². The molecule has 0 rings (SSSR count). The molecule has 1 unspecified atom stereocenters. The van der Waals surface area contributed by atoms with Gasteiger partial charge in [0.15, 0.2) is 0 Å². The highest BCUT2D eigenvalue weighted by Gasteiger charge is 2.62. The van der Waals surface area contributed by atoms with E-state index in [-0.39, 0.29) is 0 Å². The summed E-state index contributed by atoms with van der Waals surface area (Å²) in [6, 6.07) is 0. The molecule has 0 aliphatic carbocycles. The van der Waals surface area contributed by atoms with Gasteiger partial charge < -0.3 is 4.89 Å². The lowest BCUT2D eigenvalue weighted by molar-refractivity contribution is -0.362. The molecule has 80 valence electrons. The average molecular weight is 228 g/mol. The summed E-state index contributed by atoms with van der Waals surface area (Å²) < 4.78 is 71.2. The Kier molecular flexibility index (Phi) is 3.46. The zero-order valence-corrected chi connectivity index (χ0v) is 7.20. The van der Waals surface area contributed by atoms with Crippen molar-refractivity contribution in [2.75, 3.05) is 6.16 Å². The van der Waals surface area contributed by atoms with E-state index in [1.807, 2.05) is 0 Å². The van der Waals surface area contributed by atoms with Crippen molar-refractivity contribution in [2.45, 2.75) is 19.2 Å². The molecule has 0 aromatic heterocycles. The van der Waals surface area contributed by atoms with Crippen molar-refractivity contribution >= 4 is 7.60 Å². The van der Waals surface area contributed by atoms with Crippen molar-refractivity contribution in [3.05, 3.63) is 0 Å². The van der Waals surface area contributed by atoms with E-state index in [1.54, 1.807) is 0 Å². The normalized spacial score (nSPS) is 18.4. The van der Waals surface area contributed by atoms with Gasteiger partial charge in [0.25, 0.3) is 0 Å². The molecule has 9 heteroatoms. The van der Waals surface area contributed by atoms with E-state index in [9.17, 15) is 26.5 Å². The van der Waals surface area contributed by atoms with E-state index >= 15 is 0 Å². The van der Waals surface area contributed by atoms with Crippen molar-refractivity contribution < 1.29 is 35.9 Å². The van der Waals surface area contributed by atoms with Crippen LogP contribution in [-0.4, -0.2) is 23.3 Å². The van der Waals surface area contributed by atoms with Crippen molar-refractivity contribution in [3.63, 3.8) is 0 Å². The first-order valence-corrected chi connectivity index (χ1v) is 4.75. The molecule has 3 nitrogen and oxygen atoms in total. The molecule has 0 aliphatic heterocycles. The summed E-state index contributed by atoms with van der Waals surface area (Å²) in [6.07, 6.45) is -12.4. The van der Waals surface area contributed by atoms with Gasteiger partial charge in [0.1, 0.15) is 0 Å². The Hall–Kier alpha value is -0.200. The van der Waals surface area contributed by atoms with Crippen LogP contribution in [0.4, 0.5) is 22.0 Å². The standard InChI is InChI=1S/C4H6F5O3P/c1-2-13(10,11)12-4(8,9)3(5,6)7/h2H2,1H3,(H,10,11). The summed E-state index contributed by atoms with van der Waals surface area (Å²) in [7, 11) is -4.86. The first kappa shape index (κ1) is 12.8. The lowest BCUT2D eigenvalue weighted by atomic mass is 10.6. The summed E-state index contributed by atoms with van der Waals surface area (Å²) in [5.74, 6) is 0. The van der Waals surface area contributed by atoms with Gasteiger partial charge in [0.05, 0.1) is 0 Å². The van der Waals surface area contributed by atoms with E-state index in [4.69, 9.17) is 4.89 Å². The second kappa shape index (κ2) is 3.51. The third kappa shape index (κ3) is 3.58.